The fourth-order valence-corrected chi connectivity index (χ4v) is 1.72. The molecule has 2 N–H and O–H groups in total. The van der Waals surface area contributed by atoms with Crippen LogP contribution in [0.1, 0.15) is 5.56 Å². The summed E-state index contributed by atoms with van der Waals surface area (Å²) in [6.07, 6.45) is 1.77. The van der Waals surface area contributed by atoms with Crippen molar-refractivity contribution < 1.29 is 9.47 Å². The minimum absolute atomic E-state index is 0.478. The summed E-state index contributed by atoms with van der Waals surface area (Å²) < 4.78 is 10.5. The zero-order chi connectivity index (χ0) is 12.1. The van der Waals surface area contributed by atoms with Gasteiger partial charge in [0.2, 0.25) is 5.88 Å². The van der Waals surface area contributed by atoms with Gasteiger partial charge in [0.05, 0.1) is 6.61 Å². The van der Waals surface area contributed by atoms with Crippen molar-refractivity contribution in [2.24, 2.45) is 5.73 Å². The smallest absolute Gasteiger partial charge is 0.221 e. The third kappa shape index (κ3) is 2.54. The van der Waals surface area contributed by atoms with Crippen molar-refractivity contribution in [3.8, 4) is 5.88 Å². The number of nitrogens with zero attached hydrogens (tertiary/aromatic N) is 1. The van der Waals surface area contributed by atoms with E-state index in [9.17, 15) is 0 Å². The largest absolute Gasteiger partial charge is 0.475 e. The summed E-state index contributed by atoms with van der Waals surface area (Å²) in [7, 11) is 1.65. The second-order valence-electron chi connectivity index (χ2n) is 3.68. The summed E-state index contributed by atoms with van der Waals surface area (Å²) in [5.74, 6) is 0.634. The van der Waals surface area contributed by atoms with Crippen LogP contribution in [0.25, 0.3) is 10.8 Å². The molecule has 4 heteroatoms. The summed E-state index contributed by atoms with van der Waals surface area (Å²) in [6, 6.07) is 7.97. The highest BCUT2D eigenvalue weighted by Gasteiger charge is 2.06. The maximum absolute atomic E-state index is 5.69. The predicted octanol–water partition coefficient (Wildman–Crippen LogP) is 1.72. The Bertz CT molecular complexity index is 500. The molecule has 0 radical (unpaired) electrons. The Morgan fingerprint density at radius 2 is 1.94 bits per heavy atom. The molecule has 90 valence electrons. The fourth-order valence-electron chi connectivity index (χ4n) is 1.72. The molecule has 2 rings (SSSR count). The molecule has 2 aromatic rings. The van der Waals surface area contributed by atoms with Crippen LogP contribution in [-0.2, 0) is 11.3 Å². The number of hydrogen-bond acceptors (Lipinski definition) is 4. The maximum Gasteiger partial charge on any atom is 0.221 e. The third-order valence-electron chi connectivity index (χ3n) is 2.59. The molecule has 0 saturated carbocycles. The van der Waals surface area contributed by atoms with Gasteiger partial charge in [-0.1, -0.05) is 18.2 Å². The molecule has 0 amide bonds. The molecule has 0 aliphatic heterocycles. The van der Waals surface area contributed by atoms with Gasteiger partial charge in [-0.3, -0.25) is 0 Å². The van der Waals surface area contributed by atoms with Gasteiger partial charge < -0.3 is 15.2 Å². The molecular weight excluding hydrogens is 216 g/mol. The van der Waals surface area contributed by atoms with Crippen LogP contribution in [0.15, 0.2) is 30.5 Å². The first kappa shape index (κ1) is 11.8. The van der Waals surface area contributed by atoms with Crippen LogP contribution < -0.4 is 10.5 Å². The normalized spacial score (nSPS) is 10.7. The van der Waals surface area contributed by atoms with Gasteiger partial charge in [-0.25, -0.2) is 4.98 Å². The van der Waals surface area contributed by atoms with Crippen molar-refractivity contribution in [1.82, 2.24) is 4.98 Å². The Morgan fingerprint density at radius 3 is 2.65 bits per heavy atom. The van der Waals surface area contributed by atoms with E-state index in [0.29, 0.717) is 25.6 Å². The quantitative estimate of drug-likeness (QED) is 0.797. The third-order valence-corrected chi connectivity index (χ3v) is 2.59. The standard InChI is InChI=1S/C13H16N2O2/c1-16-6-7-17-13-12-5-3-2-4-11(12)10(8-14)9-15-13/h2-5,9H,6-8,14H2,1H3. The monoisotopic (exact) mass is 232 g/mol. The SMILES string of the molecule is COCCOc1ncc(CN)c2ccccc12. The number of nitrogens with two attached hydrogens (primary N) is 1. The van der Waals surface area contributed by atoms with Gasteiger partial charge in [-0.05, 0) is 17.0 Å². The van der Waals surface area contributed by atoms with Crippen molar-refractivity contribution in [2.45, 2.75) is 6.54 Å². The van der Waals surface area contributed by atoms with Gasteiger partial charge in [-0.15, -0.1) is 0 Å². The Hall–Kier alpha value is -1.65. The lowest BCUT2D eigenvalue weighted by molar-refractivity contribution is 0.144. The van der Waals surface area contributed by atoms with Crippen LogP contribution in [0.2, 0.25) is 0 Å². The second kappa shape index (κ2) is 5.61. The number of benzene rings is 1. The lowest BCUT2D eigenvalue weighted by atomic mass is 10.1. The molecule has 0 unspecified atom stereocenters. The molecule has 1 aromatic heterocycles. The number of aromatic nitrogens is 1. The summed E-state index contributed by atoms with van der Waals surface area (Å²) in [5, 5.41) is 2.09. The van der Waals surface area contributed by atoms with Gasteiger partial charge in [-0.2, -0.15) is 0 Å². The second-order valence-corrected chi connectivity index (χ2v) is 3.68. The number of pyridine rings is 1. The van der Waals surface area contributed by atoms with E-state index in [2.05, 4.69) is 4.98 Å². The summed E-state index contributed by atoms with van der Waals surface area (Å²) in [6.45, 7) is 1.52. The van der Waals surface area contributed by atoms with Crippen LogP contribution in [-0.4, -0.2) is 25.3 Å². The van der Waals surface area contributed by atoms with Crippen molar-refractivity contribution in [3.63, 3.8) is 0 Å². The molecule has 0 aliphatic carbocycles. The molecular formula is C13H16N2O2. The topological polar surface area (TPSA) is 57.4 Å². The first-order valence-corrected chi connectivity index (χ1v) is 5.55. The number of methoxy groups -OCH3 is 1. The van der Waals surface area contributed by atoms with Crippen LogP contribution >= 0.6 is 0 Å². The molecule has 0 aliphatic rings. The van der Waals surface area contributed by atoms with Crippen LogP contribution in [0, 0.1) is 0 Å². The zero-order valence-electron chi connectivity index (χ0n) is 9.85. The minimum Gasteiger partial charge on any atom is -0.475 e. The van der Waals surface area contributed by atoms with E-state index >= 15 is 0 Å². The van der Waals surface area contributed by atoms with Crippen LogP contribution in [0.4, 0.5) is 0 Å². The van der Waals surface area contributed by atoms with Crippen molar-refractivity contribution in [2.75, 3.05) is 20.3 Å². The van der Waals surface area contributed by atoms with Crippen LogP contribution in [0.5, 0.6) is 5.88 Å². The molecule has 0 atom stereocenters. The first-order chi connectivity index (χ1) is 8.36. The molecule has 0 spiro atoms. The first-order valence-electron chi connectivity index (χ1n) is 5.55. The fraction of sp³-hybridized carbons (Fsp3) is 0.308. The van der Waals surface area contributed by atoms with Gasteiger partial charge in [0.25, 0.3) is 0 Å². The Kier molecular flexibility index (Phi) is 3.90. The highest BCUT2D eigenvalue weighted by Crippen LogP contribution is 2.25. The van der Waals surface area contributed by atoms with E-state index in [1.807, 2.05) is 24.3 Å². The highest BCUT2D eigenvalue weighted by atomic mass is 16.5. The molecule has 4 nitrogen and oxygen atoms in total. The number of rotatable bonds is 5. The van der Waals surface area contributed by atoms with E-state index < -0.39 is 0 Å². The van der Waals surface area contributed by atoms with Gasteiger partial charge >= 0.3 is 0 Å². The lowest BCUT2D eigenvalue weighted by Gasteiger charge is -2.10. The predicted molar refractivity (Wildman–Crippen MR) is 67.0 cm³/mol. The van der Waals surface area contributed by atoms with Gasteiger partial charge in [0, 0.05) is 25.2 Å². The molecule has 0 fully saturated rings. The number of ether oxygens (including phenoxy) is 2. The van der Waals surface area contributed by atoms with E-state index in [1.54, 1.807) is 13.3 Å². The van der Waals surface area contributed by atoms with E-state index in [-0.39, 0.29) is 0 Å². The van der Waals surface area contributed by atoms with Crippen molar-refractivity contribution >= 4 is 10.8 Å². The average molecular weight is 232 g/mol. The summed E-state index contributed by atoms with van der Waals surface area (Å²) >= 11 is 0. The molecule has 17 heavy (non-hydrogen) atoms. The highest BCUT2D eigenvalue weighted by molar-refractivity contribution is 5.89. The summed E-state index contributed by atoms with van der Waals surface area (Å²) in [5.41, 5.74) is 6.71. The Morgan fingerprint density at radius 1 is 1.18 bits per heavy atom. The van der Waals surface area contributed by atoms with Crippen LogP contribution in [0.3, 0.4) is 0 Å². The molecule has 0 saturated heterocycles. The summed E-state index contributed by atoms with van der Waals surface area (Å²) in [4.78, 5) is 4.29. The maximum atomic E-state index is 5.69. The molecule has 1 heterocycles. The number of hydrogen-bond donors (Lipinski definition) is 1. The zero-order valence-corrected chi connectivity index (χ0v) is 9.85. The molecule has 0 bridgehead atoms. The van der Waals surface area contributed by atoms with Crippen molar-refractivity contribution in [3.05, 3.63) is 36.0 Å². The lowest BCUT2D eigenvalue weighted by Crippen LogP contribution is -2.07. The molecule has 1 aromatic carbocycles. The van der Waals surface area contributed by atoms with Gasteiger partial charge in [0.1, 0.15) is 6.61 Å². The van der Waals surface area contributed by atoms with E-state index in [4.69, 9.17) is 15.2 Å². The Balaban J connectivity index is 2.37. The number of fused-ring (bicyclic) bond motifs is 1. The van der Waals surface area contributed by atoms with E-state index in [0.717, 1.165) is 16.3 Å². The minimum atomic E-state index is 0.478. The Labute approximate surface area is 100 Å². The van der Waals surface area contributed by atoms with E-state index in [1.165, 1.54) is 0 Å². The van der Waals surface area contributed by atoms with Crippen molar-refractivity contribution in [1.29, 1.82) is 0 Å². The average Bonchev–Trinajstić information content (AvgIpc) is 2.39. The van der Waals surface area contributed by atoms with Gasteiger partial charge in [0.15, 0.2) is 0 Å².